The molecule has 1 saturated carbocycles. The lowest BCUT2D eigenvalue weighted by Crippen LogP contribution is -1.95. The predicted octanol–water partition coefficient (Wildman–Crippen LogP) is 2.24. The Morgan fingerprint density at radius 2 is 2.21 bits per heavy atom. The van der Waals surface area contributed by atoms with E-state index in [2.05, 4.69) is 22.0 Å². The third-order valence-electron chi connectivity index (χ3n) is 2.39. The largest absolute Gasteiger partial charge is 0.232 e. The number of halogens is 1. The van der Waals surface area contributed by atoms with Gasteiger partial charge in [0, 0.05) is 4.47 Å². The summed E-state index contributed by atoms with van der Waals surface area (Å²) in [6.07, 6.45) is 2.36. The molecule has 2 nitrogen and oxygen atoms in total. The Bertz CT molecular complexity index is 414. The third-order valence-corrected chi connectivity index (χ3v) is 3.67. The van der Waals surface area contributed by atoms with Crippen LogP contribution < -0.4 is 0 Å². The van der Waals surface area contributed by atoms with Gasteiger partial charge in [-0.2, -0.15) is 0 Å². The van der Waals surface area contributed by atoms with Crippen molar-refractivity contribution in [3.8, 4) is 0 Å². The van der Waals surface area contributed by atoms with E-state index in [1.54, 1.807) is 0 Å². The van der Waals surface area contributed by atoms with Crippen LogP contribution in [0.1, 0.15) is 29.9 Å². The Labute approximate surface area is 93.4 Å². The van der Waals surface area contributed by atoms with Gasteiger partial charge in [0.2, 0.25) is 0 Å². The molecule has 0 bridgehead atoms. The summed E-state index contributed by atoms with van der Waals surface area (Å²) in [4.78, 5) is 0. The zero-order valence-electron chi connectivity index (χ0n) is 7.50. The smallest absolute Gasteiger partial charge is 0.144 e. The lowest BCUT2D eigenvalue weighted by Gasteiger charge is -2.07. The van der Waals surface area contributed by atoms with Crippen LogP contribution in [0.15, 0.2) is 16.6 Å². The van der Waals surface area contributed by atoms with E-state index >= 15 is 0 Å². The van der Waals surface area contributed by atoms with Gasteiger partial charge < -0.3 is 0 Å². The molecule has 1 aromatic carbocycles. The summed E-state index contributed by atoms with van der Waals surface area (Å²) in [7, 11) is -2.36. The maximum Gasteiger partial charge on any atom is 0.144 e. The Kier molecular flexibility index (Phi) is 2.93. The molecular formula is C10H10BrO2S. The zero-order chi connectivity index (χ0) is 10.1. The molecule has 0 heterocycles. The van der Waals surface area contributed by atoms with E-state index in [-0.39, 0.29) is 5.75 Å². The normalized spacial score (nSPS) is 16.1. The van der Waals surface area contributed by atoms with Crippen LogP contribution in [0.5, 0.6) is 0 Å². The highest BCUT2D eigenvalue weighted by Crippen LogP contribution is 2.43. The van der Waals surface area contributed by atoms with E-state index in [1.807, 2.05) is 12.1 Å². The fourth-order valence-electron chi connectivity index (χ4n) is 1.59. The first-order valence-electron chi connectivity index (χ1n) is 4.49. The van der Waals surface area contributed by atoms with E-state index in [9.17, 15) is 8.42 Å². The second-order valence-electron chi connectivity index (χ2n) is 3.49. The second kappa shape index (κ2) is 4.03. The molecule has 75 valence electrons. The molecule has 2 rings (SSSR count). The average molecular weight is 274 g/mol. The van der Waals surface area contributed by atoms with Crippen molar-refractivity contribution in [1.29, 1.82) is 0 Å². The summed E-state index contributed by atoms with van der Waals surface area (Å²) < 4.78 is 22.2. The SMILES string of the molecule is O=[SH](=O)Cc1c(Br)[c]ccc1C1CC1. The third kappa shape index (κ3) is 2.17. The monoisotopic (exact) mass is 273 g/mol. The van der Waals surface area contributed by atoms with Gasteiger partial charge in [0.1, 0.15) is 10.7 Å². The highest BCUT2D eigenvalue weighted by molar-refractivity contribution is 9.10. The zero-order valence-corrected chi connectivity index (χ0v) is 9.98. The van der Waals surface area contributed by atoms with Crippen molar-refractivity contribution < 1.29 is 8.42 Å². The topological polar surface area (TPSA) is 34.1 Å². The van der Waals surface area contributed by atoms with Crippen LogP contribution in [0.25, 0.3) is 0 Å². The van der Waals surface area contributed by atoms with Gasteiger partial charge >= 0.3 is 0 Å². The first-order valence-corrected chi connectivity index (χ1v) is 6.65. The summed E-state index contributed by atoms with van der Waals surface area (Å²) in [6, 6.07) is 6.81. The van der Waals surface area contributed by atoms with Crippen LogP contribution in [0.2, 0.25) is 0 Å². The minimum atomic E-state index is -2.36. The summed E-state index contributed by atoms with van der Waals surface area (Å²) in [5.74, 6) is 0.699. The minimum absolute atomic E-state index is 0.124. The number of benzene rings is 1. The molecule has 0 aromatic heterocycles. The molecule has 1 fully saturated rings. The Hall–Kier alpha value is -0.350. The van der Waals surface area contributed by atoms with Gasteiger partial charge in [0.05, 0.1) is 5.75 Å². The summed E-state index contributed by atoms with van der Waals surface area (Å²) in [5.41, 5.74) is 2.07. The first kappa shape index (κ1) is 10.2. The predicted molar refractivity (Wildman–Crippen MR) is 59.0 cm³/mol. The number of thiol groups is 1. The van der Waals surface area contributed by atoms with E-state index in [0.717, 1.165) is 10.0 Å². The highest BCUT2D eigenvalue weighted by Gasteiger charge is 2.26. The van der Waals surface area contributed by atoms with Crippen LogP contribution >= 0.6 is 15.9 Å². The molecule has 0 amide bonds. The summed E-state index contributed by atoms with van der Waals surface area (Å²) in [6.45, 7) is 0. The van der Waals surface area contributed by atoms with Gasteiger partial charge in [-0.25, -0.2) is 8.42 Å². The van der Waals surface area contributed by atoms with Crippen LogP contribution in [0.3, 0.4) is 0 Å². The molecule has 0 N–H and O–H groups in total. The Balaban J connectivity index is 2.42. The quantitative estimate of drug-likeness (QED) is 0.858. The molecule has 14 heavy (non-hydrogen) atoms. The molecule has 0 unspecified atom stereocenters. The van der Waals surface area contributed by atoms with Gasteiger partial charge in [0.15, 0.2) is 0 Å². The van der Waals surface area contributed by atoms with Crippen molar-refractivity contribution in [2.45, 2.75) is 24.5 Å². The number of hydrogen-bond acceptors (Lipinski definition) is 2. The molecule has 1 aromatic rings. The molecule has 0 saturated heterocycles. The van der Waals surface area contributed by atoms with E-state index in [1.165, 1.54) is 18.4 Å². The van der Waals surface area contributed by atoms with Crippen molar-refractivity contribution in [2.75, 3.05) is 0 Å². The van der Waals surface area contributed by atoms with E-state index in [0.29, 0.717) is 5.92 Å². The van der Waals surface area contributed by atoms with Crippen molar-refractivity contribution >= 4 is 26.6 Å². The fraction of sp³-hybridized carbons (Fsp3) is 0.400. The van der Waals surface area contributed by atoms with Crippen LogP contribution in [0, 0.1) is 6.07 Å². The van der Waals surface area contributed by atoms with E-state index < -0.39 is 10.7 Å². The summed E-state index contributed by atoms with van der Waals surface area (Å²) >= 11 is 3.35. The van der Waals surface area contributed by atoms with Gasteiger partial charge in [-0.3, -0.25) is 0 Å². The molecule has 1 aliphatic carbocycles. The molecule has 4 heteroatoms. The fourth-order valence-corrected chi connectivity index (χ4v) is 2.90. The Morgan fingerprint density at radius 3 is 2.79 bits per heavy atom. The van der Waals surface area contributed by atoms with Crippen molar-refractivity contribution in [3.05, 3.63) is 33.8 Å². The number of rotatable bonds is 3. The van der Waals surface area contributed by atoms with Crippen LogP contribution in [-0.2, 0) is 16.5 Å². The summed E-state index contributed by atoms with van der Waals surface area (Å²) in [5, 5.41) is 0. The lowest BCUT2D eigenvalue weighted by molar-refractivity contribution is 0.613. The van der Waals surface area contributed by atoms with Gasteiger partial charge in [0.25, 0.3) is 0 Å². The maximum atomic E-state index is 10.7. The molecule has 0 spiro atoms. The van der Waals surface area contributed by atoms with Gasteiger partial charge in [-0.15, -0.1) is 0 Å². The van der Waals surface area contributed by atoms with Crippen molar-refractivity contribution in [1.82, 2.24) is 0 Å². The van der Waals surface area contributed by atoms with Gasteiger partial charge in [-0.05, 0) is 51.9 Å². The second-order valence-corrected chi connectivity index (χ2v) is 5.27. The lowest BCUT2D eigenvalue weighted by atomic mass is 10.1. The highest BCUT2D eigenvalue weighted by atomic mass is 79.9. The molecular weight excluding hydrogens is 264 g/mol. The van der Waals surface area contributed by atoms with E-state index in [4.69, 9.17) is 0 Å². The molecule has 1 aliphatic rings. The van der Waals surface area contributed by atoms with Crippen LogP contribution in [-0.4, -0.2) is 8.42 Å². The Morgan fingerprint density at radius 1 is 1.50 bits per heavy atom. The number of hydrogen-bond donors (Lipinski definition) is 1. The average Bonchev–Trinajstić information content (AvgIpc) is 2.90. The van der Waals surface area contributed by atoms with Crippen molar-refractivity contribution in [2.24, 2.45) is 0 Å². The van der Waals surface area contributed by atoms with Crippen LogP contribution in [0.4, 0.5) is 0 Å². The minimum Gasteiger partial charge on any atom is -0.232 e. The molecule has 0 atom stereocenters. The first-order chi connectivity index (χ1) is 6.68. The maximum absolute atomic E-state index is 10.7. The standard InChI is InChI=1S/C10H10BrO2S/c11-10-3-1-2-8(7-4-5-7)9(10)6-14(12)13/h1-2,7,14H,4-6H2. The molecule has 0 aliphatic heterocycles. The van der Waals surface area contributed by atoms with Crippen molar-refractivity contribution in [3.63, 3.8) is 0 Å². The molecule has 1 radical (unpaired) electrons. The van der Waals surface area contributed by atoms with Gasteiger partial charge in [-0.1, -0.05) is 12.1 Å².